The van der Waals surface area contributed by atoms with Crippen LogP contribution in [0, 0.1) is 29.6 Å². The van der Waals surface area contributed by atoms with Gasteiger partial charge in [-0.2, -0.15) is 0 Å². The molecule has 0 aromatic carbocycles. The van der Waals surface area contributed by atoms with Gasteiger partial charge < -0.3 is 14.6 Å². The molecule has 6 heteroatoms. The molecule has 0 amide bonds. The fourth-order valence-electron chi connectivity index (χ4n) is 5.24. The molecule has 1 aliphatic carbocycles. The summed E-state index contributed by atoms with van der Waals surface area (Å²) in [5.74, 6) is -2.55. The van der Waals surface area contributed by atoms with Gasteiger partial charge in [-0.3, -0.25) is 14.4 Å². The van der Waals surface area contributed by atoms with E-state index < -0.39 is 35.4 Å². The van der Waals surface area contributed by atoms with Crippen LogP contribution in [0.25, 0.3) is 0 Å². The lowest BCUT2D eigenvalue weighted by Gasteiger charge is -2.48. The molecule has 0 unspecified atom stereocenters. The minimum atomic E-state index is -1.28. The third-order valence-corrected chi connectivity index (χ3v) is 7.01. The zero-order chi connectivity index (χ0) is 20.6. The first kappa shape index (κ1) is 21.4. The molecule has 3 fully saturated rings. The van der Waals surface area contributed by atoms with Crippen molar-refractivity contribution in [3.63, 3.8) is 0 Å². The molecule has 0 aromatic rings. The summed E-state index contributed by atoms with van der Waals surface area (Å²) in [6, 6.07) is 0. The second-order valence-corrected chi connectivity index (χ2v) is 9.39. The Kier molecular flexibility index (Phi) is 6.30. The maximum atomic E-state index is 13.2. The lowest BCUT2D eigenvalue weighted by Crippen LogP contribution is -2.60. The molecule has 0 bridgehead atoms. The van der Waals surface area contributed by atoms with Gasteiger partial charge in [-0.1, -0.05) is 27.2 Å². The third kappa shape index (κ3) is 3.65. The SMILES string of the molecule is CCCCC(=O)[C@H]1C(=O)O[C@]2(C)C(=O)[C@@H]3CO[C@@H](CCC(C)C)[C@@H](O)[C@@H]3C[C@@H]12. The maximum Gasteiger partial charge on any atom is 0.317 e. The molecule has 28 heavy (non-hydrogen) atoms. The van der Waals surface area contributed by atoms with Crippen molar-refractivity contribution in [3.8, 4) is 0 Å². The highest BCUT2D eigenvalue weighted by Gasteiger charge is 2.65. The number of hydrogen-bond acceptors (Lipinski definition) is 6. The van der Waals surface area contributed by atoms with Gasteiger partial charge in [-0.05, 0) is 44.4 Å². The molecule has 2 saturated heterocycles. The Bertz CT molecular complexity index is 629. The summed E-state index contributed by atoms with van der Waals surface area (Å²) in [5.41, 5.74) is -1.28. The summed E-state index contributed by atoms with van der Waals surface area (Å²) in [5, 5.41) is 10.9. The Morgan fingerprint density at radius 3 is 2.68 bits per heavy atom. The Morgan fingerprint density at radius 2 is 2.04 bits per heavy atom. The Morgan fingerprint density at radius 1 is 1.32 bits per heavy atom. The normalized spacial score (nSPS) is 40.2. The average molecular weight is 395 g/mol. The van der Waals surface area contributed by atoms with Gasteiger partial charge in [0, 0.05) is 12.3 Å². The van der Waals surface area contributed by atoms with E-state index in [-0.39, 0.29) is 30.2 Å². The van der Waals surface area contributed by atoms with Crippen molar-refractivity contribution in [2.75, 3.05) is 6.61 Å². The van der Waals surface area contributed by atoms with Crippen molar-refractivity contribution in [1.29, 1.82) is 0 Å². The van der Waals surface area contributed by atoms with Gasteiger partial charge in [-0.25, -0.2) is 0 Å². The van der Waals surface area contributed by atoms with Crippen molar-refractivity contribution in [2.45, 2.75) is 84.0 Å². The zero-order valence-corrected chi connectivity index (χ0v) is 17.5. The number of carbonyl (C=O) groups excluding carboxylic acids is 3. The van der Waals surface area contributed by atoms with Crippen LogP contribution in [0.3, 0.4) is 0 Å². The molecule has 1 N–H and O–H groups in total. The first-order valence-corrected chi connectivity index (χ1v) is 10.8. The number of unbranched alkanes of at least 4 members (excludes halogenated alkanes) is 1. The molecule has 158 valence electrons. The smallest absolute Gasteiger partial charge is 0.317 e. The highest BCUT2D eigenvalue weighted by molar-refractivity contribution is 6.05. The summed E-state index contributed by atoms with van der Waals surface area (Å²) in [6.45, 7) is 8.13. The lowest BCUT2D eigenvalue weighted by atomic mass is 9.60. The predicted octanol–water partition coefficient (Wildman–Crippen LogP) is 2.69. The van der Waals surface area contributed by atoms with Crippen LogP contribution in [-0.4, -0.2) is 47.1 Å². The second kappa shape index (κ2) is 8.23. The molecule has 3 rings (SSSR count). The van der Waals surface area contributed by atoms with Crippen molar-refractivity contribution in [2.24, 2.45) is 29.6 Å². The number of fused-ring (bicyclic) bond motifs is 2. The van der Waals surface area contributed by atoms with E-state index >= 15 is 0 Å². The summed E-state index contributed by atoms with van der Waals surface area (Å²) in [4.78, 5) is 38.5. The monoisotopic (exact) mass is 394 g/mol. The standard InChI is InChI=1S/C22H34O6/c1-5-6-7-16(23)18-15-10-13-14(20(25)22(15,4)28-21(18)26)11-27-17(19(13)24)9-8-12(2)3/h12-15,17-19,24H,5-11H2,1-4H3/t13-,14-,15+,17+,18+,19+,22+/m1/s1. The molecule has 0 radical (unpaired) electrons. The predicted molar refractivity (Wildman–Crippen MR) is 102 cm³/mol. The Balaban J connectivity index is 1.81. The van der Waals surface area contributed by atoms with Gasteiger partial charge in [0.1, 0.15) is 11.7 Å². The number of aliphatic hydroxyl groups excluding tert-OH is 1. The summed E-state index contributed by atoms with van der Waals surface area (Å²) in [7, 11) is 0. The van der Waals surface area contributed by atoms with E-state index in [9.17, 15) is 19.5 Å². The van der Waals surface area contributed by atoms with E-state index in [2.05, 4.69) is 13.8 Å². The Labute approximate surface area is 167 Å². The van der Waals surface area contributed by atoms with Crippen LogP contribution in [-0.2, 0) is 23.9 Å². The van der Waals surface area contributed by atoms with Crippen molar-refractivity contribution in [3.05, 3.63) is 0 Å². The first-order valence-electron chi connectivity index (χ1n) is 10.8. The van der Waals surface area contributed by atoms with Gasteiger partial charge in [0.15, 0.2) is 11.4 Å². The van der Waals surface area contributed by atoms with Gasteiger partial charge in [0.25, 0.3) is 0 Å². The number of rotatable bonds is 7. The number of esters is 1. The molecule has 3 aliphatic rings. The van der Waals surface area contributed by atoms with Crippen molar-refractivity contribution < 1.29 is 29.0 Å². The highest BCUT2D eigenvalue weighted by atomic mass is 16.6. The molecule has 7 atom stereocenters. The van der Waals surface area contributed by atoms with Crippen LogP contribution in [0.5, 0.6) is 0 Å². The van der Waals surface area contributed by atoms with E-state index in [1.165, 1.54) is 0 Å². The molecule has 6 nitrogen and oxygen atoms in total. The van der Waals surface area contributed by atoms with Crippen LogP contribution < -0.4 is 0 Å². The van der Waals surface area contributed by atoms with Crippen LogP contribution >= 0.6 is 0 Å². The van der Waals surface area contributed by atoms with E-state index in [1.807, 2.05) is 6.92 Å². The lowest BCUT2D eigenvalue weighted by molar-refractivity contribution is -0.189. The van der Waals surface area contributed by atoms with E-state index in [0.717, 1.165) is 25.7 Å². The molecular weight excluding hydrogens is 360 g/mol. The number of ketones is 2. The van der Waals surface area contributed by atoms with E-state index in [1.54, 1.807) is 6.92 Å². The number of carbonyl (C=O) groups is 3. The van der Waals surface area contributed by atoms with Crippen LogP contribution in [0.15, 0.2) is 0 Å². The maximum absolute atomic E-state index is 13.2. The topological polar surface area (TPSA) is 89.9 Å². The van der Waals surface area contributed by atoms with Gasteiger partial charge in [0.05, 0.1) is 24.7 Å². The minimum Gasteiger partial charge on any atom is -0.450 e. The van der Waals surface area contributed by atoms with Gasteiger partial charge in [0.2, 0.25) is 0 Å². The molecular formula is C22H34O6. The van der Waals surface area contributed by atoms with Crippen LogP contribution in [0.2, 0.25) is 0 Å². The number of Topliss-reactive ketones (excluding diaryl/α,β-unsaturated/α-hetero) is 2. The fourth-order valence-corrected chi connectivity index (χ4v) is 5.24. The Hall–Kier alpha value is -1.27. The average Bonchev–Trinajstić information content (AvgIpc) is 2.90. The minimum absolute atomic E-state index is 0.135. The number of ether oxygens (including phenoxy) is 2. The largest absolute Gasteiger partial charge is 0.450 e. The van der Waals surface area contributed by atoms with Crippen molar-refractivity contribution in [1.82, 2.24) is 0 Å². The van der Waals surface area contributed by atoms with Crippen LogP contribution in [0.1, 0.15) is 66.2 Å². The third-order valence-electron chi connectivity index (χ3n) is 7.01. The number of aliphatic hydroxyl groups is 1. The quantitative estimate of drug-likeness (QED) is 0.527. The molecule has 1 saturated carbocycles. The highest BCUT2D eigenvalue weighted by Crippen LogP contribution is 2.52. The summed E-state index contributed by atoms with van der Waals surface area (Å²) < 4.78 is 11.4. The van der Waals surface area contributed by atoms with Crippen molar-refractivity contribution >= 4 is 17.5 Å². The fraction of sp³-hybridized carbons (Fsp3) is 0.864. The zero-order valence-electron chi connectivity index (χ0n) is 17.5. The summed E-state index contributed by atoms with van der Waals surface area (Å²) >= 11 is 0. The summed E-state index contributed by atoms with van der Waals surface area (Å²) in [6.07, 6.45) is 2.99. The molecule has 2 heterocycles. The van der Waals surface area contributed by atoms with Gasteiger partial charge >= 0.3 is 5.97 Å². The number of hydrogen-bond donors (Lipinski definition) is 1. The molecule has 2 aliphatic heterocycles. The molecule has 0 spiro atoms. The molecule has 0 aromatic heterocycles. The van der Waals surface area contributed by atoms with Crippen LogP contribution in [0.4, 0.5) is 0 Å². The van der Waals surface area contributed by atoms with E-state index in [4.69, 9.17) is 9.47 Å². The first-order chi connectivity index (χ1) is 13.2. The van der Waals surface area contributed by atoms with E-state index in [0.29, 0.717) is 18.8 Å². The van der Waals surface area contributed by atoms with Gasteiger partial charge in [-0.15, -0.1) is 0 Å². The second-order valence-electron chi connectivity index (χ2n) is 9.39.